The first-order valence-corrected chi connectivity index (χ1v) is 13.7. The van der Waals surface area contributed by atoms with Gasteiger partial charge in [0.15, 0.2) is 0 Å². The molecule has 2 aromatic carbocycles. The maximum atomic E-state index is 13.8. The fraction of sp³-hybridized carbons (Fsp3) is 0.419. The maximum absolute atomic E-state index is 13.8. The van der Waals surface area contributed by atoms with Crippen molar-refractivity contribution in [2.45, 2.75) is 38.9 Å². The minimum Gasteiger partial charge on any atom is -0.379 e. The summed E-state index contributed by atoms with van der Waals surface area (Å²) in [7, 11) is 0. The molecule has 0 radical (unpaired) electrons. The minimum absolute atomic E-state index is 0.0166. The van der Waals surface area contributed by atoms with E-state index in [9.17, 15) is 9.59 Å². The van der Waals surface area contributed by atoms with Crippen LogP contribution in [0.25, 0.3) is 0 Å². The van der Waals surface area contributed by atoms with E-state index in [1.165, 1.54) is 5.56 Å². The van der Waals surface area contributed by atoms with Gasteiger partial charge in [-0.2, -0.15) is 0 Å². The summed E-state index contributed by atoms with van der Waals surface area (Å²) in [5.74, 6) is -0.0681. The van der Waals surface area contributed by atoms with Gasteiger partial charge in [0.2, 0.25) is 5.91 Å². The molecule has 1 saturated carbocycles. The zero-order valence-electron chi connectivity index (χ0n) is 22.3. The van der Waals surface area contributed by atoms with Crippen LogP contribution in [0.15, 0.2) is 72.9 Å². The van der Waals surface area contributed by atoms with Crippen LogP contribution in [0.5, 0.6) is 0 Å². The molecule has 1 aromatic heterocycles. The zero-order valence-corrected chi connectivity index (χ0v) is 22.3. The molecule has 1 saturated heterocycles. The summed E-state index contributed by atoms with van der Waals surface area (Å²) in [6.45, 7) is 7.78. The molecule has 2 heterocycles. The lowest BCUT2D eigenvalue weighted by Gasteiger charge is -2.31. The fourth-order valence-corrected chi connectivity index (χ4v) is 5.06. The normalized spacial score (nSPS) is 15.8. The van der Waals surface area contributed by atoms with Crippen LogP contribution < -0.4 is 0 Å². The van der Waals surface area contributed by atoms with Crippen molar-refractivity contribution in [1.82, 2.24) is 19.3 Å². The number of morpholine rings is 1. The summed E-state index contributed by atoms with van der Waals surface area (Å²) >= 11 is 0. The topological polar surface area (TPSA) is 58.0 Å². The maximum Gasteiger partial charge on any atom is 0.254 e. The van der Waals surface area contributed by atoms with Crippen molar-refractivity contribution in [1.29, 1.82) is 0 Å². The van der Waals surface area contributed by atoms with Crippen molar-refractivity contribution in [3.05, 3.63) is 95.3 Å². The Balaban J connectivity index is 1.30. The highest BCUT2D eigenvalue weighted by molar-refractivity contribution is 5.96. The second-order valence-corrected chi connectivity index (χ2v) is 10.4. The molecule has 200 valence electrons. The van der Waals surface area contributed by atoms with Crippen LogP contribution >= 0.6 is 0 Å². The smallest absolute Gasteiger partial charge is 0.254 e. The highest BCUT2D eigenvalue weighted by Crippen LogP contribution is 2.29. The number of hydrogen-bond donors (Lipinski definition) is 0. The van der Waals surface area contributed by atoms with Gasteiger partial charge < -0.3 is 19.1 Å². The number of hydrogen-bond acceptors (Lipinski definition) is 4. The number of rotatable bonds is 11. The van der Waals surface area contributed by atoms with Crippen LogP contribution in [0.4, 0.5) is 0 Å². The lowest BCUT2D eigenvalue weighted by Crippen LogP contribution is -2.47. The van der Waals surface area contributed by atoms with E-state index >= 15 is 0 Å². The van der Waals surface area contributed by atoms with Crippen LogP contribution in [0.1, 0.15) is 40.0 Å². The van der Waals surface area contributed by atoms with E-state index in [1.54, 1.807) is 4.90 Å². The van der Waals surface area contributed by atoms with Crippen molar-refractivity contribution < 1.29 is 14.3 Å². The van der Waals surface area contributed by atoms with Gasteiger partial charge in [0.05, 0.1) is 19.8 Å². The van der Waals surface area contributed by atoms with Crippen LogP contribution in [-0.4, -0.2) is 83.1 Å². The number of ether oxygens (including phenoxy) is 1. The molecular weight excluding hydrogens is 476 g/mol. The molecule has 2 fully saturated rings. The highest BCUT2D eigenvalue weighted by atomic mass is 16.5. The SMILES string of the molecule is Cc1cccc(C(=O)N(CCN2CCOCC2)CC(=O)N(Cc2cccn2Cc2ccccc2)C2CC2)c1. The molecular formula is C31H38N4O3. The molecule has 7 heteroatoms. The third kappa shape index (κ3) is 6.91. The van der Waals surface area contributed by atoms with Gasteiger partial charge in [0, 0.05) is 56.2 Å². The molecule has 0 atom stereocenters. The van der Waals surface area contributed by atoms with E-state index in [-0.39, 0.29) is 24.4 Å². The monoisotopic (exact) mass is 514 g/mol. The standard InChI is InChI=1S/C31H38N4O3/c1-25-7-5-10-27(21-25)31(37)34(16-15-32-17-19-38-20-18-32)24-30(36)35(28-12-13-28)23-29-11-6-14-33(29)22-26-8-3-2-4-9-26/h2-11,14,21,28H,12-13,15-20,22-24H2,1H3. The average molecular weight is 515 g/mol. The molecule has 38 heavy (non-hydrogen) atoms. The summed E-state index contributed by atoms with van der Waals surface area (Å²) in [4.78, 5) is 33.4. The van der Waals surface area contributed by atoms with E-state index in [0.29, 0.717) is 31.9 Å². The first-order chi connectivity index (χ1) is 18.6. The summed E-state index contributed by atoms with van der Waals surface area (Å²) in [5, 5.41) is 0. The van der Waals surface area contributed by atoms with Crippen LogP contribution in [-0.2, 0) is 22.6 Å². The molecule has 0 bridgehead atoms. The largest absolute Gasteiger partial charge is 0.379 e. The van der Waals surface area contributed by atoms with E-state index in [0.717, 1.165) is 50.3 Å². The van der Waals surface area contributed by atoms with Gasteiger partial charge in [-0.05, 0) is 49.6 Å². The first-order valence-electron chi connectivity index (χ1n) is 13.7. The summed E-state index contributed by atoms with van der Waals surface area (Å²) in [6.07, 6.45) is 4.11. The molecule has 0 N–H and O–H groups in total. The molecule has 0 spiro atoms. The second kappa shape index (κ2) is 12.4. The highest BCUT2D eigenvalue weighted by Gasteiger charge is 2.34. The Hall–Kier alpha value is -3.42. The Bertz CT molecular complexity index is 1210. The molecule has 2 aliphatic rings. The van der Waals surface area contributed by atoms with Crippen LogP contribution in [0.2, 0.25) is 0 Å². The third-order valence-corrected chi connectivity index (χ3v) is 7.43. The average Bonchev–Trinajstić information content (AvgIpc) is 3.69. The van der Waals surface area contributed by atoms with Gasteiger partial charge >= 0.3 is 0 Å². The second-order valence-electron chi connectivity index (χ2n) is 10.4. The lowest BCUT2D eigenvalue weighted by molar-refractivity contribution is -0.133. The number of aromatic nitrogens is 1. The summed E-state index contributed by atoms with van der Waals surface area (Å²) in [5.41, 5.74) is 4.01. The molecule has 0 unspecified atom stereocenters. The van der Waals surface area contributed by atoms with Crippen molar-refractivity contribution in [2.75, 3.05) is 45.9 Å². The molecule has 7 nitrogen and oxygen atoms in total. The molecule has 5 rings (SSSR count). The number of nitrogens with zero attached hydrogens (tertiary/aromatic N) is 4. The molecule has 1 aliphatic carbocycles. The van der Waals surface area contributed by atoms with E-state index in [1.807, 2.05) is 48.2 Å². The van der Waals surface area contributed by atoms with E-state index in [2.05, 4.69) is 46.0 Å². The van der Waals surface area contributed by atoms with E-state index in [4.69, 9.17) is 4.74 Å². The quantitative estimate of drug-likeness (QED) is 0.391. The van der Waals surface area contributed by atoms with Gasteiger partial charge in [0.1, 0.15) is 6.54 Å². The summed E-state index contributed by atoms with van der Waals surface area (Å²) in [6, 6.07) is 22.4. The van der Waals surface area contributed by atoms with Gasteiger partial charge in [-0.15, -0.1) is 0 Å². The Kier molecular flexibility index (Phi) is 8.56. The predicted molar refractivity (Wildman–Crippen MR) is 148 cm³/mol. The zero-order chi connectivity index (χ0) is 26.3. The Labute approximate surface area is 225 Å². The first kappa shape index (κ1) is 26.2. The van der Waals surface area contributed by atoms with Crippen molar-refractivity contribution >= 4 is 11.8 Å². The predicted octanol–water partition coefficient (Wildman–Crippen LogP) is 3.81. The Morgan fingerprint density at radius 1 is 0.974 bits per heavy atom. The number of amides is 2. The summed E-state index contributed by atoms with van der Waals surface area (Å²) < 4.78 is 7.69. The van der Waals surface area contributed by atoms with Crippen molar-refractivity contribution in [3.63, 3.8) is 0 Å². The van der Waals surface area contributed by atoms with Crippen LogP contribution in [0, 0.1) is 6.92 Å². The Morgan fingerprint density at radius 2 is 1.76 bits per heavy atom. The van der Waals surface area contributed by atoms with Gasteiger partial charge in [0.25, 0.3) is 5.91 Å². The number of carbonyl (C=O) groups is 2. The lowest BCUT2D eigenvalue weighted by atomic mass is 10.1. The molecule has 1 aliphatic heterocycles. The van der Waals surface area contributed by atoms with E-state index < -0.39 is 0 Å². The molecule has 2 amide bonds. The minimum atomic E-state index is -0.0847. The van der Waals surface area contributed by atoms with Gasteiger partial charge in [-0.25, -0.2) is 0 Å². The van der Waals surface area contributed by atoms with Gasteiger partial charge in [-0.1, -0.05) is 48.0 Å². The number of benzene rings is 2. The number of aryl methyl sites for hydroxylation is 1. The number of carbonyl (C=O) groups excluding carboxylic acids is 2. The van der Waals surface area contributed by atoms with Gasteiger partial charge in [-0.3, -0.25) is 14.5 Å². The molecule has 3 aromatic rings. The Morgan fingerprint density at radius 3 is 2.50 bits per heavy atom. The van der Waals surface area contributed by atoms with Crippen LogP contribution in [0.3, 0.4) is 0 Å². The fourth-order valence-electron chi connectivity index (χ4n) is 5.06. The van der Waals surface area contributed by atoms with Crippen molar-refractivity contribution in [3.8, 4) is 0 Å². The van der Waals surface area contributed by atoms with Crippen molar-refractivity contribution in [2.24, 2.45) is 0 Å². The third-order valence-electron chi connectivity index (χ3n) is 7.43.